The molecule has 2 rings (SSSR count). The molecule has 8 heteroatoms. The van der Waals surface area contributed by atoms with Crippen LogP contribution in [-0.2, 0) is 14.8 Å². The molecule has 0 aliphatic carbocycles. The van der Waals surface area contributed by atoms with Gasteiger partial charge in [0.15, 0.2) is 0 Å². The predicted octanol–water partition coefficient (Wildman–Crippen LogP) is 0.424. The maximum absolute atomic E-state index is 12.3. The normalized spacial score (nSPS) is 22.9. The lowest BCUT2D eigenvalue weighted by molar-refractivity contribution is 0.0697. The monoisotopic (exact) mass is 300 g/mol. The first-order valence-electron chi connectivity index (χ1n) is 5.98. The number of carbonyl (C=O) groups is 1. The van der Waals surface area contributed by atoms with Crippen LogP contribution in [0.4, 0.5) is 5.69 Å². The second kappa shape index (κ2) is 5.04. The van der Waals surface area contributed by atoms with E-state index >= 15 is 0 Å². The fourth-order valence-corrected chi connectivity index (χ4v) is 3.59. The molecule has 0 saturated carbocycles. The van der Waals surface area contributed by atoms with Crippen LogP contribution < -0.4 is 10.5 Å². The molecule has 0 aromatic heterocycles. The summed E-state index contributed by atoms with van der Waals surface area (Å²) in [6, 6.07) is 3.53. The number of aromatic carboxylic acids is 1. The Labute approximate surface area is 116 Å². The average Bonchev–Trinajstić information content (AvgIpc) is 2.74. The molecule has 1 atom stereocenters. The number of nitrogen functional groups attached to an aromatic ring is 1. The standard InChI is InChI=1S/C12H16N2O5S/c1-12(4-5-19-7-12)14-20(17,18)10-3-2-8(11(15)16)6-9(10)13/h2-3,6,14H,4-5,7,13H2,1H3,(H,15,16). The molecule has 1 aromatic carbocycles. The van der Waals surface area contributed by atoms with Gasteiger partial charge < -0.3 is 15.6 Å². The van der Waals surface area contributed by atoms with Crippen LogP contribution >= 0.6 is 0 Å². The number of nitrogens with two attached hydrogens (primary N) is 1. The summed E-state index contributed by atoms with van der Waals surface area (Å²) in [4.78, 5) is 10.7. The maximum Gasteiger partial charge on any atom is 0.335 e. The topological polar surface area (TPSA) is 119 Å². The van der Waals surface area contributed by atoms with Gasteiger partial charge in [-0.05, 0) is 31.5 Å². The number of ether oxygens (including phenoxy) is 1. The molecule has 1 aliphatic rings. The molecule has 110 valence electrons. The number of carboxylic acids is 1. The molecule has 0 spiro atoms. The zero-order valence-electron chi connectivity index (χ0n) is 10.9. The lowest BCUT2D eigenvalue weighted by Crippen LogP contribution is -2.46. The van der Waals surface area contributed by atoms with Gasteiger partial charge in [-0.15, -0.1) is 0 Å². The van der Waals surface area contributed by atoms with Gasteiger partial charge in [-0.3, -0.25) is 0 Å². The van der Waals surface area contributed by atoms with E-state index in [2.05, 4.69) is 4.72 Å². The third-order valence-corrected chi connectivity index (χ3v) is 4.86. The van der Waals surface area contributed by atoms with E-state index in [-0.39, 0.29) is 16.1 Å². The minimum absolute atomic E-state index is 0.0585. The van der Waals surface area contributed by atoms with E-state index in [1.165, 1.54) is 12.1 Å². The first kappa shape index (κ1) is 14.8. The van der Waals surface area contributed by atoms with Crippen molar-refractivity contribution in [3.63, 3.8) is 0 Å². The average molecular weight is 300 g/mol. The Morgan fingerprint density at radius 2 is 2.20 bits per heavy atom. The molecule has 4 N–H and O–H groups in total. The second-order valence-electron chi connectivity index (χ2n) is 5.03. The number of rotatable bonds is 4. The Bertz CT molecular complexity index is 635. The number of anilines is 1. The van der Waals surface area contributed by atoms with E-state index in [1.54, 1.807) is 6.92 Å². The lowest BCUT2D eigenvalue weighted by Gasteiger charge is -2.23. The SMILES string of the molecule is CC1(NS(=O)(=O)c2ccc(C(=O)O)cc2N)CCOC1. The van der Waals surface area contributed by atoms with Crippen LogP contribution in [0, 0.1) is 0 Å². The van der Waals surface area contributed by atoms with E-state index in [4.69, 9.17) is 15.6 Å². The van der Waals surface area contributed by atoms with Gasteiger partial charge in [-0.1, -0.05) is 0 Å². The summed E-state index contributed by atoms with van der Waals surface area (Å²) >= 11 is 0. The molecular formula is C12H16N2O5S. The highest BCUT2D eigenvalue weighted by Gasteiger charge is 2.35. The second-order valence-corrected chi connectivity index (χ2v) is 6.68. The number of hydrogen-bond acceptors (Lipinski definition) is 5. The van der Waals surface area contributed by atoms with Crippen molar-refractivity contribution in [2.24, 2.45) is 0 Å². The highest BCUT2D eigenvalue weighted by molar-refractivity contribution is 7.89. The molecule has 1 fully saturated rings. The summed E-state index contributed by atoms with van der Waals surface area (Å²) < 4.78 is 32.3. The fourth-order valence-electron chi connectivity index (χ4n) is 2.05. The van der Waals surface area contributed by atoms with E-state index < -0.39 is 21.5 Å². The molecule has 1 unspecified atom stereocenters. The Kier molecular flexibility index (Phi) is 3.72. The molecule has 7 nitrogen and oxygen atoms in total. The zero-order chi connectivity index (χ0) is 15.0. The van der Waals surface area contributed by atoms with Crippen LogP contribution in [-0.4, -0.2) is 38.2 Å². The Morgan fingerprint density at radius 1 is 1.50 bits per heavy atom. The van der Waals surface area contributed by atoms with E-state index in [0.29, 0.717) is 19.6 Å². The summed E-state index contributed by atoms with van der Waals surface area (Å²) in [5, 5.41) is 8.84. The van der Waals surface area contributed by atoms with Crippen LogP contribution in [0.25, 0.3) is 0 Å². The summed E-state index contributed by atoms with van der Waals surface area (Å²) in [5.41, 5.74) is 4.82. The van der Waals surface area contributed by atoms with Gasteiger partial charge in [0.25, 0.3) is 0 Å². The minimum Gasteiger partial charge on any atom is -0.478 e. The quantitative estimate of drug-likeness (QED) is 0.694. The van der Waals surface area contributed by atoms with Gasteiger partial charge >= 0.3 is 5.97 Å². The van der Waals surface area contributed by atoms with Crippen LogP contribution in [0.2, 0.25) is 0 Å². The third-order valence-electron chi connectivity index (χ3n) is 3.15. The number of nitrogens with one attached hydrogen (secondary N) is 1. The summed E-state index contributed by atoms with van der Waals surface area (Å²) in [6.45, 7) is 2.53. The molecule has 20 heavy (non-hydrogen) atoms. The van der Waals surface area contributed by atoms with Crippen LogP contribution in [0.5, 0.6) is 0 Å². The first-order valence-corrected chi connectivity index (χ1v) is 7.46. The number of hydrogen-bond donors (Lipinski definition) is 3. The number of sulfonamides is 1. The smallest absolute Gasteiger partial charge is 0.335 e. The highest BCUT2D eigenvalue weighted by atomic mass is 32.2. The molecule has 1 aromatic rings. The van der Waals surface area contributed by atoms with Gasteiger partial charge in [0.1, 0.15) is 4.90 Å². The minimum atomic E-state index is -3.82. The van der Waals surface area contributed by atoms with Crippen molar-refractivity contribution in [1.29, 1.82) is 0 Å². The maximum atomic E-state index is 12.3. The fraction of sp³-hybridized carbons (Fsp3) is 0.417. The van der Waals surface area contributed by atoms with Gasteiger partial charge in [-0.2, -0.15) is 0 Å². The van der Waals surface area contributed by atoms with Crippen LogP contribution in [0.1, 0.15) is 23.7 Å². The van der Waals surface area contributed by atoms with E-state index in [9.17, 15) is 13.2 Å². The van der Waals surface area contributed by atoms with Gasteiger partial charge in [0.2, 0.25) is 10.0 Å². The molecule has 0 amide bonds. The highest BCUT2D eigenvalue weighted by Crippen LogP contribution is 2.24. The van der Waals surface area contributed by atoms with Crippen molar-refractivity contribution in [2.45, 2.75) is 23.8 Å². The molecule has 1 saturated heterocycles. The Morgan fingerprint density at radius 3 is 2.70 bits per heavy atom. The molecule has 1 aliphatic heterocycles. The van der Waals surface area contributed by atoms with Crippen molar-refractivity contribution in [1.82, 2.24) is 4.72 Å². The predicted molar refractivity (Wildman–Crippen MR) is 72.0 cm³/mol. The Hall–Kier alpha value is -1.64. The summed E-state index contributed by atoms with van der Waals surface area (Å²) in [5.74, 6) is -1.16. The summed E-state index contributed by atoms with van der Waals surface area (Å²) in [6.07, 6.45) is 0.569. The van der Waals surface area contributed by atoms with Crippen molar-refractivity contribution in [3.8, 4) is 0 Å². The number of carboxylic acid groups (broad SMARTS) is 1. The van der Waals surface area contributed by atoms with Crippen LogP contribution in [0.15, 0.2) is 23.1 Å². The van der Waals surface area contributed by atoms with Gasteiger partial charge in [-0.25, -0.2) is 17.9 Å². The van der Waals surface area contributed by atoms with Gasteiger partial charge in [0.05, 0.1) is 23.4 Å². The molecule has 0 bridgehead atoms. The van der Waals surface area contributed by atoms with Gasteiger partial charge in [0, 0.05) is 6.61 Å². The summed E-state index contributed by atoms with van der Waals surface area (Å²) in [7, 11) is -3.82. The third kappa shape index (κ3) is 2.92. The van der Waals surface area contributed by atoms with E-state index in [1.807, 2.05) is 0 Å². The van der Waals surface area contributed by atoms with Crippen molar-refractivity contribution in [3.05, 3.63) is 23.8 Å². The molecular weight excluding hydrogens is 284 g/mol. The van der Waals surface area contributed by atoms with E-state index in [0.717, 1.165) is 6.07 Å². The number of benzene rings is 1. The van der Waals surface area contributed by atoms with Crippen molar-refractivity contribution < 1.29 is 23.1 Å². The molecule has 1 heterocycles. The van der Waals surface area contributed by atoms with Crippen LogP contribution in [0.3, 0.4) is 0 Å². The largest absolute Gasteiger partial charge is 0.478 e. The Balaban J connectivity index is 2.32. The van der Waals surface area contributed by atoms with Crippen molar-refractivity contribution in [2.75, 3.05) is 18.9 Å². The zero-order valence-corrected chi connectivity index (χ0v) is 11.7. The van der Waals surface area contributed by atoms with Crippen molar-refractivity contribution >= 4 is 21.7 Å². The lowest BCUT2D eigenvalue weighted by atomic mass is 10.0. The molecule has 0 radical (unpaired) electrons. The first-order chi connectivity index (χ1) is 9.23.